The molecule has 4 nitrogen and oxygen atoms in total. The topological polar surface area (TPSA) is 62.1 Å². The van der Waals surface area contributed by atoms with Gasteiger partial charge in [0.2, 0.25) is 0 Å². The molecule has 92 valence electrons. The molecule has 0 bridgehead atoms. The first-order valence-electron chi connectivity index (χ1n) is 5.32. The minimum atomic E-state index is -0.531. The van der Waals surface area contributed by atoms with Gasteiger partial charge in [0.1, 0.15) is 5.60 Å². The standard InChI is InChI=1S/C12H16N2O2S/c1-12(2,3)16-11(15)14-9(6-7-13)10-5-4-8-17-10/h4-5,8-9H,6H2,1-3H3,(H,14,15). The van der Waals surface area contributed by atoms with Crippen molar-refractivity contribution >= 4 is 17.4 Å². The highest BCUT2D eigenvalue weighted by molar-refractivity contribution is 7.10. The second-order valence-electron chi connectivity index (χ2n) is 4.58. The largest absolute Gasteiger partial charge is 0.444 e. The highest BCUT2D eigenvalue weighted by atomic mass is 32.1. The zero-order chi connectivity index (χ0) is 12.9. The number of alkyl carbamates (subject to hydrolysis) is 1. The summed E-state index contributed by atoms with van der Waals surface area (Å²) in [5, 5.41) is 13.4. The van der Waals surface area contributed by atoms with E-state index in [1.54, 1.807) is 20.8 Å². The summed E-state index contributed by atoms with van der Waals surface area (Å²) in [6.07, 6.45) is -0.258. The van der Waals surface area contributed by atoms with Crippen LogP contribution in [0.5, 0.6) is 0 Å². The number of ether oxygens (including phenoxy) is 1. The van der Waals surface area contributed by atoms with Gasteiger partial charge in [-0.25, -0.2) is 4.79 Å². The van der Waals surface area contributed by atoms with Gasteiger partial charge < -0.3 is 10.1 Å². The zero-order valence-electron chi connectivity index (χ0n) is 10.2. The number of rotatable bonds is 3. The van der Waals surface area contributed by atoms with Gasteiger partial charge in [0.05, 0.1) is 18.5 Å². The molecule has 1 aromatic heterocycles. The SMILES string of the molecule is CC(C)(C)OC(=O)NC(CC#N)c1cccs1. The molecule has 0 fully saturated rings. The number of hydrogen-bond donors (Lipinski definition) is 1. The van der Waals surface area contributed by atoms with E-state index >= 15 is 0 Å². The number of hydrogen-bond acceptors (Lipinski definition) is 4. The molecule has 17 heavy (non-hydrogen) atoms. The molecule has 5 heteroatoms. The number of carbonyl (C=O) groups is 1. The van der Waals surface area contributed by atoms with Crippen LogP contribution in [0.2, 0.25) is 0 Å². The Balaban J connectivity index is 2.63. The van der Waals surface area contributed by atoms with E-state index in [1.807, 2.05) is 17.5 Å². The van der Waals surface area contributed by atoms with Crippen LogP contribution in [-0.2, 0) is 4.74 Å². The first-order chi connectivity index (χ1) is 7.92. The van der Waals surface area contributed by atoms with Gasteiger partial charge in [-0.15, -0.1) is 11.3 Å². The summed E-state index contributed by atoms with van der Waals surface area (Å²) in [6, 6.07) is 5.55. The van der Waals surface area contributed by atoms with Crippen molar-refractivity contribution in [1.82, 2.24) is 5.32 Å². The fourth-order valence-corrected chi connectivity index (χ4v) is 2.03. The molecule has 1 amide bonds. The van der Waals surface area contributed by atoms with Crippen LogP contribution in [0.1, 0.15) is 38.1 Å². The zero-order valence-corrected chi connectivity index (χ0v) is 11.0. The van der Waals surface area contributed by atoms with Crippen LogP contribution in [0.3, 0.4) is 0 Å². The molecule has 0 spiro atoms. The quantitative estimate of drug-likeness (QED) is 0.898. The van der Waals surface area contributed by atoms with Crippen LogP contribution < -0.4 is 5.32 Å². The third-order valence-electron chi connectivity index (χ3n) is 1.87. The Morgan fingerprint density at radius 3 is 2.82 bits per heavy atom. The molecule has 1 rings (SSSR count). The van der Waals surface area contributed by atoms with E-state index in [9.17, 15) is 4.79 Å². The highest BCUT2D eigenvalue weighted by Gasteiger charge is 2.20. The minimum absolute atomic E-state index is 0.236. The van der Waals surface area contributed by atoms with Crippen LogP contribution in [-0.4, -0.2) is 11.7 Å². The summed E-state index contributed by atoms with van der Waals surface area (Å²) in [5.41, 5.74) is -0.531. The first-order valence-corrected chi connectivity index (χ1v) is 6.20. The molecule has 1 atom stereocenters. The molecule has 0 aliphatic rings. The van der Waals surface area contributed by atoms with Crippen LogP contribution in [0.25, 0.3) is 0 Å². The number of thiophene rings is 1. The van der Waals surface area contributed by atoms with Crippen molar-refractivity contribution in [3.8, 4) is 6.07 Å². The normalized spacial score (nSPS) is 12.6. The maximum atomic E-state index is 11.6. The van der Waals surface area contributed by atoms with E-state index in [4.69, 9.17) is 10.00 Å². The molecule has 1 unspecified atom stereocenters. The molecule has 1 heterocycles. The summed E-state index contributed by atoms with van der Waals surface area (Å²) >= 11 is 1.51. The summed E-state index contributed by atoms with van der Waals surface area (Å²) in [4.78, 5) is 12.6. The van der Waals surface area contributed by atoms with E-state index in [2.05, 4.69) is 11.4 Å². The molecule has 1 aromatic rings. The van der Waals surface area contributed by atoms with Crippen LogP contribution in [0, 0.1) is 11.3 Å². The van der Waals surface area contributed by atoms with Crippen molar-refractivity contribution in [3.05, 3.63) is 22.4 Å². The van der Waals surface area contributed by atoms with Gasteiger partial charge in [-0.2, -0.15) is 5.26 Å². The van der Waals surface area contributed by atoms with Gasteiger partial charge in [-0.3, -0.25) is 0 Å². The average Bonchev–Trinajstić information content (AvgIpc) is 2.66. The average molecular weight is 252 g/mol. The fraction of sp³-hybridized carbons (Fsp3) is 0.500. The Bertz CT molecular complexity index is 401. The van der Waals surface area contributed by atoms with Crippen molar-refractivity contribution < 1.29 is 9.53 Å². The Hall–Kier alpha value is -1.54. The van der Waals surface area contributed by atoms with E-state index in [0.29, 0.717) is 0 Å². The number of carbonyl (C=O) groups excluding carboxylic acids is 1. The van der Waals surface area contributed by atoms with Crippen LogP contribution in [0.15, 0.2) is 17.5 Å². The van der Waals surface area contributed by atoms with Gasteiger partial charge in [0.25, 0.3) is 0 Å². The van der Waals surface area contributed by atoms with Gasteiger partial charge >= 0.3 is 6.09 Å². The predicted molar refractivity (Wildman–Crippen MR) is 66.7 cm³/mol. The van der Waals surface area contributed by atoms with Gasteiger partial charge in [-0.05, 0) is 32.2 Å². The van der Waals surface area contributed by atoms with Crippen molar-refractivity contribution in [2.24, 2.45) is 0 Å². The molecule has 0 aliphatic carbocycles. The van der Waals surface area contributed by atoms with Crippen molar-refractivity contribution in [3.63, 3.8) is 0 Å². The third-order valence-corrected chi connectivity index (χ3v) is 2.86. The fourth-order valence-electron chi connectivity index (χ4n) is 1.25. The Morgan fingerprint density at radius 2 is 2.35 bits per heavy atom. The Labute approximate surface area is 105 Å². The van der Waals surface area contributed by atoms with E-state index in [1.165, 1.54) is 11.3 Å². The van der Waals surface area contributed by atoms with Gasteiger partial charge in [0, 0.05) is 4.88 Å². The van der Waals surface area contributed by atoms with E-state index in [-0.39, 0.29) is 12.5 Å². The Kier molecular flexibility index (Phi) is 4.53. The monoisotopic (exact) mass is 252 g/mol. The summed E-state index contributed by atoms with van der Waals surface area (Å²) < 4.78 is 5.16. The number of nitrogens with zero attached hydrogens (tertiary/aromatic N) is 1. The van der Waals surface area contributed by atoms with Crippen LogP contribution >= 0.6 is 11.3 Å². The first kappa shape index (κ1) is 13.5. The molecular weight excluding hydrogens is 236 g/mol. The highest BCUT2D eigenvalue weighted by Crippen LogP contribution is 2.22. The lowest BCUT2D eigenvalue weighted by Crippen LogP contribution is -2.34. The summed E-state index contributed by atoms with van der Waals surface area (Å²) in [6.45, 7) is 5.41. The second-order valence-corrected chi connectivity index (χ2v) is 5.56. The maximum Gasteiger partial charge on any atom is 0.408 e. The van der Waals surface area contributed by atoms with E-state index < -0.39 is 11.7 Å². The molecule has 1 N–H and O–H groups in total. The predicted octanol–water partition coefficient (Wildman–Crippen LogP) is 3.23. The molecule has 0 aliphatic heterocycles. The molecule has 0 radical (unpaired) electrons. The molecular formula is C12H16N2O2S. The summed E-state index contributed by atoms with van der Waals surface area (Å²) in [7, 11) is 0. The second kappa shape index (κ2) is 5.69. The molecule has 0 saturated heterocycles. The summed E-state index contributed by atoms with van der Waals surface area (Å²) in [5.74, 6) is 0. The van der Waals surface area contributed by atoms with Gasteiger partial charge in [0.15, 0.2) is 0 Å². The lowest BCUT2D eigenvalue weighted by Gasteiger charge is -2.22. The smallest absolute Gasteiger partial charge is 0.408 e. The number of amides is 1. The number of nitrogens with one attached hydrogen (secondary N) is 1. The number of nitriles is 1. The van der Waals surface area contributed by atoms with Crippen LogP contribution in [0.4, 0.5) is 4.79 Å². The molecule has 0 saturated carbocycles. The third kappa shape index (κ3) is 4.87. The van der Waals surface area contributed by atoms with Gasteiger partial charge in [-0.1, -0.05) is 6.07 Å². The minimum Gasteiger partial charge on any atom is -0.444 e. The lowest BCUT2D eigenvalue weighted by atomic mass is 10.2. The van der Waals surface area contributed by atoms with Crippen molar-refractivity contribution in [1.29, 1.82) is 5.26 Å². The maximum absolute atomic E-state index is 11.6. The lowest BCUT2D eigenvalue weighted by molar-refractivity contribution is 0.0505. The van der Waals surface area contributed by atoms with Crippen molar-refractivity contribution in [2.75, 3.05) is 0 Å². The molecule has 0 aromatic carbocycles. The van der Waals surface area contributed by atoms with Crippen molar-refractivity contribution in [2.45, 2.75) is 38.8 Å². The Morgan fingerprint density at radius 1 is 1.65 bits per heavy atom. The van der Waals surface area contributed by atoms with E-state index in [0.717, 1.165) is 4.88 Å².